The predicted molar refractivity (Wildman–Crippen MR) is 51.0 cm³/mol. The number of carbonyl (C=O) groups excluding carboxylic acids is 1. The Kier molecular flexibility index (Phi) is 5.72. The smallest absolute Gasteiger partial charge is 0.233 e. The fourth-order valence-corrected chi connectivity index (χ4v) is 1.16. The molecule has 0 fully saturated rings. The Labute approximate surface area is 74.9 Å². The van der Waals surface area contributed by atoms with Crippen LogP contribution >= 0.6 is 0 Å². The van der Waals surface area contributed by atoms with Gasteiger partial charge >= 0.3 is 0 Å². The summed E-state index contributed by atoms with van der Waals surface area (Å²) in [6.45, 7) is 6.87. The molecule has 0 aliphatic carbocycles. The Hall–Kier alpha value is -0.570. The van der Waals surface area contributed by atoms with Crippen molar-refractivity contribution >= 4 is 5.91 Å². The molecule has 3 nitrogen and oxygen atoms in total. The monoisotopic (exact) mass is 172 g/mol. The highest BCUT2D eigenvalue weighted by Gasteiger charge is 2.10. The van der Waals surface area contributed by atoms with E-state index < -0.39 is 0 Å². The van der Waals surface area contributed by atoms with Gasteiger partial charge < -0.3 is 10.6 Å². The van der Waals surface area contributed by atoms with Crippen LogP contribution in [0.3, 0.4) is 0 Å². The lowest BCUT2D eigenvalue weighted by atomic mass is 10.0. The second kappa shape index (κ2) is 6.00. The van der Waals surface area contributed by atoms with Gasteiger partial charge in [-0.1, -0.05) is 20.8 Å². The molecular formula is C9H20N2O. The first-order chi connectivity index (χ1) is 5.61. The topological polar surface area (TPSA) is 41.1 Å². The van der Waals surface area contributed by atoms with E-state index in [1.54, 1.807) is 7.05 Å². The number of hydrogen-bond acceptors (Lipinski definition) is 2. The largest absolute Gasteiger partial charge is 0.358 e. The van der Waals surface area contributed by atoms with E-state index >= 15 is 0 Å². The minimum absolute atomic E-state index is 0.0501. The van der Waals surface area contributed by atoms with Crippen LogP contribution in [0.4, 0.5) is 0 Å². The van der Waals surface area contributed by atoms with E-state index in [1.807, 2.05) is 0 Å². The average Bonchev–Trinajstić information content (AvgIpc) is 2.04. The van der Waals surface area contributed by atoms with Gasteiger partial charge in [0.2, 0.25) is 5.91 Å². The Morgan fingerprint density at radius 2 is 2.00 bits per heavy atom. The van der Waals surface area contributed by atoms with Crippen LogP contribution in [0.1, 0.15) is 27.2 Å². The molecule has 0 bridgehead atoms. The van der Waals surface area contributed by atoms with Gasteiger partial charge in [-0.05, 0) is 12.3 Å². The van der Waals surface area contributed by atoms with Crippen molar-refractivity contribution < 1.29 is 4.79 Å². The zero-order chi connectivity index (χ0) is 9.56. The molecule has 0 aliphatic rings. The molecule has 0 saturated carbocycles. The summed E-state index contributed by atoms with van der Waals surface area (Å²) in [5.41, 5.74) is 0. The highest BCUT2D eigenvalue weighted by atomic mass is 16.1. The van der Waals surface area contributed by atoms with Crippen LogP contribution in [0.2, 0.25) is 0 Å². The maximum atomic E-state index is 10.9. The molecular weight excluding hydrogens is 152 g/mol. The third kappa shape index (κ3) is 4.34. The van der Waals surface area contributed by atoms with Crippen molar-refractivity contribution in [2.75, 3.05) is 13.6 Å². The lowest BCUT2D eigenvalue weighted by Crippen LogP contribution is -2.40. The van der Waals surface area contributed by atoms with E-state index in [1.165, 1.54) is 0 Å². The standard InChI is InChI=1S/C9H20N2O/c1-5-8(7(2)3)11-6-9(12)10-4/h7-8,11H,5-6H2,1-4H3,(H,10,12). The highest BCUT2D eigenvalue weighted by molar-refractivity contribution is 5.77. The summed E-state index contributed by atoms with van der Waals surface area (Å²) >= 11 is 0. The second-order valence-corrected chi connectivity index (χ2v) is 3.31. The van der Waals surface area contributed by atoms with Gasteiger partial charge in [0.15, 0.2) is 0 Å². The highest BCUT2D eigenvalue weighted by Crippen LogP contribution is 2.04. The molecule has 0 heterocycles. The minimum Gasteiger partial charge on any atom is -0.358 e. The van der Waals surface area contributed by atoms with Crippen molar-refractivity contribution in [3.63, 3.8) is 0 Å². The lowest BCUT2D eigenvalue weighted by Gasteiger charge is -2.19. The number of carbonyl (C=O) groups is 1. The van der Waals surface area contributed by atoms with Crippen LogP contribution in [-0.2, 0) is 4.79 Å². The molecule has 0 aromatic heterocycles. The Morgan fingerprint density at radius 1 is 1.42 bits per heavy atom. The van der Waals surface area contributed by atoms with Crippen molar-refractivity contribution in [2.45, 2.75) is 33.2 Å². The van der Waals surface area contributed by atoms with E-state index in [9.17, 15) is 4.79 Å². The van der Waals surface area contributed by atoms with Crippen molar-refractivity contribution in [1.29, 1.82) is 0 Å². The number of likely N-dealkylation sites (N-methyl/N-ethyl adjacent to an activating group) is 1. The van der Waals surface area contributed by atoms with E-state index in [4.69, 9.17) is 0 Å². The van der Waals surface area contributed by atoms with Crippen molar-refractivity contribution in [3.05, 3.63) is 0 Å². The molecule has 0 aromatic rings. The summed E-state index contributed by atoms with van der Waals surface area (Å²) in [6.07, 6.45) is 1.06. The summed E-state index contributed by atoms with van der Waals surface area (Å²) in [4.78, 5) is 10.9. The predicted octanol–water partition coefficient (Wildman–Crippen LogP) is 0.757. The number of amides is 1. The number of hydrogen-bond donors (Lipinski definition) is 2. The summed E-state index contributed by atoms with van der Waals surface area (Å²) < 4.78 is 0. The third-order valence-corrected chi connectivity index (χ3v) is 2.05. The number of nitrogens with one attached hydrogen (secondary N) is 2. The first kappa shape index (κ1) is 11.4. The number of rotatable bonds is 5. The fourth-order valence-electron chi connectivity index (χ4n) is 1.16. The van der Waals surface area contributed by atoms with Crippen LogP contribution < -0.4 is 10.6 Å². The first-order valence-corrected chi connectivity index (χ1v) is 4.55. The fraction of sp³-hybridized carbons (Fsp3) is 0.889. The molecule has 0 spiro atoms. The maximum Gasteiger partial charge on any atom is 0.233 e. The minimum atomic E-state index is 0.0501. The molecule has 1 atom stereocenters. The maximum absolute atomic E-state index is 10.9. The van der Waals surface area contributed by atoms with Crippen LogP contribution in [0, 0.1) is 5.92 Å². The van der Waals surface area contributed by atoms with Gasteiger partial charge in [0.1, 0.15) is 0 Å². The molecule has 1 unspecified atom stereocenters. The van der Waals surface area contributed by atoms with Gasteiger partial charge in [-0.2, -0.15) is 0 Å². The van der Waals surface area contributed by atoms with Crippen LogP contribution in [0.15, 0.2) is 0 Å². The zero-order valence-electron chi connectivity index (χ0n) is 8.48. The molecule has 1 amide bonds. The van der Waals surface area contributed by atoms with Gasteiger partial charge in [0, 0.05) is 13.1 Å². The normalized spacial score (nSPS) is 13.1. The SMILES string of the molecule is CCC(NCC(=O)NC)C(C)C. The first-order valence-electron chi connectivity index (χ1n) is 4.55. The van der Waals surface area contributed by atoms with Gasteiger partial charge in [0.05, 0.1) is 6.54 Å². The third-order valence-electron chi connectivity index (χ3n) is 2.05. The summed E-state index contributed by atoms with van der Waals surface area (Å²) in [5, 5.41) is 5.79. The zero-order valence-corrected chi connectivity index (χ0v) is 8.48. The molecule has 0 rings (SSSR count). The molecule has 2 N–H and O–H groups in total. The Bertz CT molecular complexity index is 134. The molecule has 3 heteroatoms. The van der Waals surface area contributed by atoms with Crippen molar-refractivity contribution in [1.82, 2.24) is 10.6 Å². The quantitative estimate of drug-likeness (QED) is 0.642. The molecule has 0 aromatic carbocycles. The van der Waals surface area contributed by atoms with E-state index in [-0.39, 0.29) is 5.91 Å². The van der Waals surface area contributed by atoms with Gasteiger partial charge in [-0.3, -0.25) is 4.79 Å². The van der Waals surface area contributed by atoms with E-state index in [0.29, 0.717) is 18.5 Å². The summed E-state index contributed by atoms with van der Waals surface area (Å²) in [7, 11) is 1.65. The lowest BCUT2D eigenvalue weighted by molar-refractivity contribution is -0.119. The second-order valence-electron chi connectivity index (χ2n) is 3.31. The van der Waals surface area contributed by atoms with Gasteiger partial charge in [-0.25, -0.2) is 0 Å². The summed E-state index contributed by atoms with van der Waals surface area (Å²) in [6, 6.07) is 0.447. The Morgan fingerprint density at radius 3 is 2.33 bits per heavy atom. The van der Waals surface area contributed by atoms with Gasteiger partial charge in [-0.15, -0.1) is 0 Å². The molecule has 72 valence electrons. The molecule has 0 saturated heterocycles. The molecule has 0 radical (unpaired) electrons. The van der Waals surface area contributed by atoms with Crippen LogP contribution in [-0.4, -0.2) is 25.5 Å². The van der Waals surface area contributed by atoms with Gasteiger partial charge in [0.25, 0.3) is 0 Å². The molecule has 0 aliphatic heterocycles. The van der Waals surface area contributed by atoms with Crippen LogP contribution in [0.25, 0.3) is 0 Å². The molecule has 12 heavy (non-hydrogen) atoms. The average molecular weight is 172 g/mol. The van der Waals surface area contributed by atoms with E-state index in [2.05, 4.69) is 31.4 Å². The van der Waals surface area contributed by atoms with Crippen molar-refractivity contribution in [3.8, 4) is 0 Å². The van der Waals surface area contributed by atoms with E-state index in [0.717, 1.165) is 6.42 Å². The Balaban J connectivity index is 3.65. The van der Waals surface area contributed by atoms with Crippen molar-refractivity contribution in [2.24, 2.45) is 5.92 Å². The summed E-state index contributed by atoms with van der Waals surface area (Å²) in [5.74, 6) is 0.633. The van der Waals surface area contributed by atoms with Crippen LogP contribution in [0.5, 0.6) is 0 Å².